The molecule has 3 rings (SSSR count). The molecule has 2 N–H and O–H groups in total. The lowest BCUT2D eigenvalue weighted by Crippen LogP contribution is -2.27. The molecule has 0 aliphatic heterocycles. The Kier molecular flexibility index (Phi) is 5.96. The third-order valence-corrected chi connectivity index (χ3v) is 4.97. The van der Waals surface area contributed by atoms with Gasteiger partial charge < -0.3 is 10.6 Å². The molecule has 0 aliphatic rings. The fraction of sp³-hybridized carbons (Fsp3) is 0.364. The van der Waals surface area contributed by atoms with Crippen LogP contribution in [0.3, 0.4) is 0 Å². The average molecular weight is 393 g/mol. The van der Waals surface area contributed by atoms with Gasteiger partial charge in [-0.25, -0.2) is 9.50 Å². The lowest BCUT2D eigenvalue weighted by Gasteiger charge is -2.16. The lowest BCUT2D eigenvalue weighted by molar-refractivity contribution is -0.121. The van der Waals surface area contributed by atoms with Gasteiger partial charge in [0.15, 0.2) is 5.65 Å². The highest BCUT2D eigenvalue weighted by atomic mass is 16.2. The quantitative estimate of drug-likeness (QED) is 0.672. The van der Waals surface area contributed by atoms with Gasteiger partial charge >= 0.3 is 0 Å². The van der Waals surface area contributed by atoms with Gasteiger partial charge in [-0.05, 0) is 57.4 Å². The van der Waals surface area contributed by atoms with E-state index in [1.54, 1.807) is 0 Å². The number of aryl methyl sites for hydroxylation is 3. The maximum absolute atomic E-state index is 12.5. The van der Waals surface area contributed by atoms with Crippen LogP contribution in [0, 0.1) is 20.8 Å². The Hall–Kier alpha value is -3.22. The first-order valence-corrected chi connectivity index (χ1v) is 9.74. The molecule has 0 aliphatic carbocycles. The van der Waals surface area contributed by atoms with Crippen molar-refractivity contribution in [1.82, 2.24) is 19.9 Å². The summed E-state index contributed by atoms with van der Waals surface area (Å²) in [4.78, 5) is 28.4. The normalized spacial score (nSPS) is 12.0. The Morgan fingerprint density at radius 1 is 1.17 bits per heavy atom. The summed E-state index contributed by atoms with van der Waals surface area (Å²) >= 11 is 0. The van der Waals surface area contributed by atoms with Gasteiger partial charge in [0, 0.05) is 36.5 Å². The van der Waals surface area contributed by atoms with Gasteiger partial charge in [-0.3, -0.25) is 9.59 Å². The van der Waals surface area contributed by atoms with Crippen molar-refractivity contribution in [2.45, 2.75) is 53.5 Å². The summed E-state index contributed by atoms with van der Waals surface area (Å²) in [6, 6.07) is 9.29. The smallest absolute Gasteiger partial charge is 0.221 e. The van der Waals surface area contributed by atoms with Gasteiger partial charge in [0.25, 0.3) is 0 Å². The highest BCUT2D eigenvalue weighted by Crippen LogP contribution is 2.19. The van der Waals surface area contributed by atoms with Crippen molar-refractivity contribution in [3.8, 4) is 0 Å². The predicted molar refractivity (Wildman–Crippen MR) is 113 cm³/mol. The largest absolute Gasteiger partial charge is 0.350 e. The van der Waals surface area contributed by atoms with E-state index < -0.39 is 0 Å². The first-order valence-electron chi connectivity index (χ1n) is 9.74. The van der Waals surface area contributed by atoms with Crippen molar-refractivity contribution in [1.29, 1.82) is 0 Å². The second-order valence-corrected chi connectivity index (χ2v) is 7.41. The summed E-state index contributed by atoms with van der Waals surface area (Å²) in [7, 11) is 0. The van der Waals surface area contributed by atoms with Crippen molar-refractivity contribution in [2.24, 2.45) is 0 Å². The fourth-order valence-electron chi connectivity index (χ4n) is 3.53. The van der Waals surface area contributed by atoms with Gasteiger partial charge in [0.1, 0.15) is 0 Å². The molecule has 2 aromatic heterocycles. The van der Waals surface area contributed by atoms with Crippen molar-refractivity contribution in [3.05, 3.63) is 58.5 Å². The molecule has 0 spiro atoms. The van der Waals surface area contributed by atoms with E-state index in [1.807, 2.05) is 62.5 Å². The second kappa shape index (κ2) is 8.43. The minimum absolute atomic E-state index is 0.0297. The van der Waals surface area contributed by atoms with Gasteiger partial charge in [0.2, 0.25) is 11.8 Å². The van der Waals surface area contributed by atoms with E-state index in [0.717, 1.165) is 39.5 Å². The molecule has 29 heavy (non-hydrogen) atoms. The van der Waals surface area contributed by atoms with Crippen molar-refractivity contribution < 1.29 is 9.59 Å². The van der Waals surface area contributed by atoms with Crippen molar-refractivity contribution in [3.63, 3.8) is 0 Å². The van der Waals surface area contributed by atoms with E-state index in [4.69, 9.17) is 0 Å². The molecule has 0 radical (unpaired) electrons. The lowest BCUT2D eigenvalue weighted by atomic mass is 10.0. The van der Waals surface area contributed by atoms with Gasteiger partial charge in [0.05, 0.1) is 11.7 Å². The molecule has 7 heteroatoms. The molecule has 2 amide bonds. The Morgan fingerprint density at radius 3 is 2.66 bits per heavy atom. The molecule has 1 aromatic carbocycles. The molecule has 152 valence electrons. The number of carbonyl (C=O) groups excluding carboxylic acids is 2. The summed E-state index contributed by atoms with van der Waals surface area (Å²) in [6.45, 7) is 9.33. The molecule has 0 saturated heterocycles. The van der Waals surface area contributed by atoms with Crippen LogP contribution >= 0.6 is 0 Å². The summed E-state index contributed by atoms with van der Waals surface area (Å²) in [5.41, 5.74) is 6.41. The van der Waals surface area contributed by atoms with Crippen LogP contribution in [0.4, 0.5) is 5.69 Å². The zero-order valence-corrected chi connectivity index (χ0v) is 17.5. The molecule has 0 bridgehead atoms. The number of hydrogen-bond donors (Lipinski definition) is 2. The van der Waals surface area contributed by atoms with E-state index in [1.165, 1.54) is 6.92 Å². The molecule has 0 fully saturated rings. The maximum Gasteiger partial charge on any atom is 0.221 e. The highest BCUT2D eigenvalue weighted by molar-refractivity contribution is 5.88. The third-order valence-electron chi connectivity index (χ3n) is 4.97. The number of rotatable bonds is 6. The average Bonchev–Trinajstić information content (AvgIpc) is 3.01. The van der Waals surface area contributed by atoms with Crippen LogP contribution in [0.25, 0.3) is 5.65 Å². The molecule has 2 heterocycles. The molecule has 1 unspecified atom stereocenters. The van der Waals surface area contributed by atoms with E-state index in [9.17, 15) is 9.59 Å². The van der Waals surface area contributed by atoms with Gasteiger partial charge in [-0.1, -0.05) is 12.1 Å². The number of fused-ring (bicyclic) bond motifs is 1. The second-order valence-electron chi connectivity index (χ2n) is 7.41. The molecule has 7 nitrogen and oxygen atoms in total. The SMILES string of the molecule is CC(=O)Nc1cccc(C(C)NC(=O)CCc2c(C)nc3cc(C)nn3c2C)c1. The van der Waals surface area contributed by atoms with Crippen molar-refractivity contribution in [2.75, 3.05) is 5.32 Å². The number of carbonyl (C=O) groups is 2. The number of amides is 2. The standard InChI is InChI=1S/C22H27N5O2/c1-13-11-21-23-15(3)20(16(4)27(21)26-13)9-10-22(29)24-14(2)18-7-6-8-19(12-18)25-17(5)28/h6-8,11-12,14H,9-10H2,1-5H3,(H,24,29)(H,25,28). The Labute approximate surface area is 170 Å². The summed E-state index contributed by atoms with van der Waals surface area (Å²) in [6.07, 6.45) is 0.967. The van der Waals surface area contributed by atoms with Gasteiger partial charge in [-0.15, -0.1) is 0 Å². The number of nitrogens with one attached hydrogen (secondary N) is 2. The minimum atomic E-state index is -0.159. The van der Waals surface area contributed by atoms with Crippen LogP contribution in [-0.4, -0.2) is 26.4 Å². The topological polar surface area (TPSA) is 88.4 Å². The number of benzene rings is 1. The van der Waals surface area contributed by atoms with Gasteiger partial charge in [-0.2, -0.15) is 5.10 Å². The Morgan fingerprint density at radius 2 is 1.93 bits per heavy atom. The van der Waals surface area contributed by atoms with Crippen LogP contribution in [0.1, 0.15) is 54.5 Å². The van der Waals surface area contributed by atoms with Crippen LogP contribution in [-0.2, 0) is 16.0 Å². The van der Waals surface area contributed by atoms with Crippen LogP contribution in [0.2, 0.25) is 0 Å². The number of hydrogen-bond acceptors (Lipinski definition) is 4. The maximum atomic E-state index is 12.5. The monoisotopic (exact) mass is 393 g/mol. The predicted octanol–water partition coefficient (Wildman–Crippen LogP) is 3.42. The van der Waals surface area contributed by atoms with Crippen molar-refractivity contribution >= 4 is 23.1 Å². The Bertz CT molecular complexity index is 1070. The molecule has 3 aromatic rings. The zero-order valence-electron chi connectivity index (χ0n) is 17.5. The van der Waals surface area contributed by atoms with E-state index in [-0.39, 0.29) is 17.9 Å². The summed E-state index contributed by atoms with van der Waals surface area (Å²) in [5, 5.41) is 10.3. The van der Waals surface area contributed by atoms with E-state index in [2.05, 4.69) is 20.7 Å². The number of nitrogens with zero attached hydrogens (tertiary/aromatic N) is 3. The number of aromatic nitrogens is 3. The summed E-state index contributed by atoms with van der Waals surface area (Å²) in [5.74, 6) is -0.152. The van der Waals surface area contributed by atoms with Crippen LogP contribution < -0.4 is 10.6 Å². The number of anilines is 1. The third kappa shape index (κ3) is 4.80. The molecule has 1 atom stereocenters. The van der Waals surface area contributed by atoms with Crippen LogP contribution in [0.5, 0.6) is 0 Å². The fourth-order valence-corrected chi connectivity index (χ4v) is 3.53. The molecule has 0 saturated carbocycles. The molecular formula is C22H27N5O2. The first kappa shape index (κ1) is 20.5. The highest BCUT2D eigenvalue weighted by Gasteiger charge is 2.15. The molecular weight excluding hydrogens is 366 g/mol. The first-order chi connectivity index (χ1) is 13.7. The minimum Gasteiger partial charge on any atom is -0.350 e. The van der Waals surface area contributed by atoms with Crippen LogP contribution in [0.15, 0.2) is 30.3 Å². The Balaban J connectivity index is 1.66. The van der Waals surface area contributed by atoms with E-state index in [0.29, 0.717) is 12.8 Å². The van der Waals surface area contributed by atoms with E-state index >= 15 is 0 Å². The summed E-state index contributed by atoms with van der Waals surface area (Å²) < 4.78 is 1.84. The zero-order chi connectivity index (χ0) is 21.1.